The molecule has 0 spiro atoms. The Bertz CT molecular complexity index is 665. The molecule has 0 aromatic carbocycles. The van der Waals surface area contributed by atoms with Gasteiger partial charge in [0.25, 0.3) is 0 Å². The van der Waals surface area contributed by atoms with E-state index in [4.69, 9.17) is 4.74 Å². The lowest BCUT2D eigenvalue weighted by Gasteiger charge is -2.23. The van der Waals surface area contributed by atoms with Gasteiger partial charge in [-0.05, 0) is 12.8 Å². The molecular weight excluding hydrogens is 296 g/mol. The number of hydrogen-bond acceptors (Lipinski definition) is 5. The van der Waals surface area contributed by atoms with Crippen molar-refractivity contribution in [3.63, 3.8) is 0 Å². The number of nitrogens with one attached hydrogen (secondary N) is 2. The van der Waals surface area contributed by atoms with Crippen LogP contribution < -0.4 is 10.6 Å². The van der Waals surface area contributed by atoms with Gasteiger partial charge in [-0.2, -0.15) is 5.10 Å². The summed E-state index contributed by atoms with van der Waals surface area (Å²) in [5.41, 5.74) is 2.32. The van der Waals surface area contributed by atoms with Gasteiger partial charge < -0.3 is 15.4 Å². The van der Waals surface area contributed by atoms with E-state index in [-0.39, 0.29) is 12.1 Å². The molecule has 0 radical (unpaired) electrons. The molecule has 1 fully saturated rings. The number of ether oxygens (including phenoxy) is 1. The first kappa shape index (κ1) is 15.4. The highest BCUT2D eigenvalue weighted by molar-refractivity contribution is 5.74. The molecule has 8 nitrogen and oxygen atoms in total. The molecule has 2 N–H and O–H groups in total. The van der Waals surface area contributed by atoms with Crippen molar-refractivity contribution in [3.8, 4) is 11.3 Å². The molecule has 8 heteroatoms. The fourth-order valence-corrected chi connectivity index (χ4v) is 2.52. The van der Waals surface area contributed by atoms with E-state index in [9.17, 15) is 4.79 Å². The SMILES string of the molecule is Cn1cc(-c2nccnc2CNC(=O)NC2CCOCC2)cn1. The highest BCUT2D eigenvalue weighted by Gasteiger charge is 2.16. The fourth-order valence-electron chi connectivity index (χ4n) is 2.52. The molecule has 3 rings (SSSR count). The summed E-state index contributed by atoms with van der Waals surface area (Å²) in [6.07, 6.45) is 8.55. The normalized spacial score (nSPS) is 15.3. The number of carbonyl (C=O) groups is 1. The van der Waals surface area contributed by atoms with Crippen molar-refractivity contribution in [2.24, 2.45) is 7.05 Å². The van der Waals surface area contributed by atoms with Gasteiger partial charge in [0.2, 0.25) is 0 Å². The molecule has 23 heavy (non-hydrogen) atoms. The van der Waals surface area contributed by atoms with Crippen LogP contribution >= 0.6 is 0 Å². The van der Waals surface area contributed by atoms with Gasteiger partial charge in [-0.1, -0.05) is 0 Å². The minimum Gasteiger partial charge on any atom is -0.381 e. The maximum absolute atomic E-state index is 12.0. The standard InChI is InChI=1S/C15H20N6O2/c1-21-10-11(8-19-21)14-13(16-4-5-17-14)9-18-15(22)20-12-2-6-23-7-3-12/h4-5,8,10,12H,2-3,6-7,9H2,1H3,(H2,18,20,22). The number of hydrogen-bond donors (Lipinski definition) is 2. The van der Waals surface area contributed by atoms with E-state index in [1.54, 1.807) is 23.3 Å². The molecule has 2 amide bonds. The number of aromatic nitrogens is 4. The lowest BCUT2D eigenvalue weighted by Crippen LogP contribution is -2.44. The third-order valence-electron chi connectivity index (χ3n) is 3.73. The first-order valence-electron chi connectivity index (χ1n) is 7.63. The monoisotopic (exact) mass is 316 g/mol. The van der Waals surface area contributed by atoms with Crippen molar-refractivity contribution < 1.29 is 9.53 Å². The Labute approximate surface area is 134 Å². The van der Waals surface area contributed by atoms with Crippen LogP contribution in [-0.4, -0.2) is 45.0 Å². The van der Waals surface area contributed by atoms with E-state index in [1.165, 1.54) is 0 Å². The second-order valence-electron chi connectivity index (χ2n) is 5.47. The van der Waals surface area contributed by atoms with Crippen LogP contribution in [0, 0.1) is 0 Å². The van der Waals surface area contributed by atoms with Gasteiger partial charge in [0.15, 0.2) is 0 Å². The zero-order valence-corrected chi connectivity index (χ0v) is 13.0. The van der Waals surface area contributed by atoms with Crippen molar-refractivity contribution in [2.75, 3.05) is 13.2 Å². The molecule has 3 heterocycles. The molecule has 0 unspecified atom stereocenters. The quantitative estimate of drug-likeness (QED) is 0.872. The Morgan fingerprint density at radius 2 is 2.13 bits per heavy atom. The van der Waals surface area contributed by atoms with Crippen LogP contribution in [-0.2, 0) is 18.3 Å². The highest BCUT2D eigenvalue weighted by Crippen LogP contribution is 2.18. The first-order chi connectivity index (χ1) is 11.2. The zero-order chi connectivity index (χ0) is 16.1. The fraction of sp³-hybridized carbons (Fsp3) is 0.467. The summed E-state index contributed by atoms with van der Waals surface area (Å²) in [6.45, 7) is 1.70. The molecule has 2 aromatic rings. The second-order valence-corrected chi connectivity index (χ2v) is 5.47. The molecule has 0 bridgehead atoms. The van der Waals surface area contributed by atoms with Gasteiger partial charge in [0, 0.05) is 50.5 Å². The topological polar surface area (TPSA) is 94.0 Å². The van der Waals surface area contributed by atoms with Gasteiger partial charge >= 0.3 is 6.03 Å². The summed E-state index contributed by atoms with van der Waals surface area (Å²) < 4.78 is 6.99. The Morgan fingerprint density at radius 3 is 2.87 bits per heavy atom. The molecule has 1 aliphatic heterocycles. The summed E-state index contributed by atoms with van der Waals surface area (Å²) in [5, 5.41) is 9.94. The predicted molar refractivity (Wildman–Crippen MR) is 83.4 cm³/mol. The summed E-state index contributed by atoms with van der Waals surface area (Å²) >= 11 is 0. The number of aryl methyl sites for hydroxylation is 1. The molecule has 0 saturated carbocycles. The summed E-state index contributed by atoms with van der Waals surface area (Å²) in [6, 6.07) is -0.0249. The van der Waals surface area contributed by atoms with Crippen LogP contribution in [0.2, 0.25) is 0 Å². The molecule has 0 aliphatic carbocycles. The Balaban J connectivity index is 1.60. The summed E-state index contributed by atoms with van der Waals surface area (Å²) in [7, 11) is 1.85. The van der Waals surface area contributed by atoms with Gasteiger partial charge in [-0.25, -0.2) is 4.79 Å². The second kappa shape index (κ2) is 7.19. The Kier molecular flexibility index (Phi) is 4.82. The minimum absolute atomic E-state index is 0.170. The molecule has 1 aliphatic rings. The van der Waals surface area contributed by atoms with Crippen LogP contribution in [0.25, 0.3) is 11.3 Å². The molecule has 2 aromatic heterocycles. The highest BCUT2D eigenvalue weighted by atomic mass is 16.5. The van der Waals surface area contributed by atoms with E-state index in [0.717, 1.165) is 24.1 Å². The average molecular weight is 316 g/mol. The van der Waals surface area contributed by atoms with Crippen LogP contribution in [0.1, 0.15) is 18.5 Å². The van der Waals surface area contributed by atoms with Crippen LogP contribution in [0.3, 0.4) is 0 Å². The van der Waals surface area contributed by atoms with E-state index < -0.39 is 0 Å². The van der Waals surface area contributed by atoms with Gasteiger partial charge in [-0.15, -0.1) is 0 Å². The average Bonchev–Trinajstić information content (AvgIpc) is 3.00. The van der Waals surface area contributed by atoms with Crippen molar-refractivity contribution in [1.82, 2.24) is 30.4 Å². The molecule has 1 saturated heterocycles. The largest absolute Gasteiger partial charge is 0.381 e. The smallest absolute Gasteiger partial charge is 0.315 e. The predicted octanol–water partition coefficient (Wildman–Crippen LogP) is 0.855. The minimum atomic E-state index is -0.195. The number of amides is 2. The van der Waals surface area contributed by atoms with Gasteiger partial charge in [0.05, 0.1) is 24.1 Å². The maximum atomic E-state index is 12.0. The zero-order valence-electron chi connectivity index (χ0n) is 13.0. The summed E-state index contributed by atoms with van der Waals surface area (Å²) in [4.78, 5) is 20.7. The van der Waals surface area contributed by atoms with Crippen molar-refractivity contribution in [2.45, 2.75) is 25.4 Å². The number of carbonyl (C=O) groups excluding carboxylic acids is 1. The van der Waals surface area contributed by atoms with Gasteiger partial charge in [0.1, 0.15) is 0 Å². The van der Waals surface area contributed by atoms with Crippen LogP contribution in [0.5, 0.6) is 0 Å². The lowest BCUT2D eigenvalue weighted by atomic mass is 10.1. The first-order valence-corrected chi connectivity index (χ1v) is 7.63. The van der Waals surface area contributed by atoms with E-state index in [0.29, 0.717) is 25.5 Å². The van der Waals surface area contributed by atoms with E-state index in [1.807, 2.05) is 13.2 Å². The Morgan fingerprint density at radius 1 is 1.35 bits per heavy atom. The Hall–Kier alpha value is -2.48. The third kappa shape index (κ3) is 4.04. The van der Waals surface area contributed by atoms with Crippen molar-refractivity contribution >= 4 is 6.03 Å². The van der Waals surface area contributed by atoms with E-state index >= 15 is 0 Å². The maximum Gasteiger partial charge on any atom is 0.315 e. The number of urea groups is 1. The molecular formula is C15H20N6O2. The van der Waals surface area contributed by atoms with Crippen LogP contribution in [0.15, 0.2) is 24.8 Å². The summed E-state index contributed by atoms with van der Waals surface area (Å²) in [5.74, 6) is 0. The van der Waals surface area contributed by atoms with Gasteiger partial charge in [-0.3, -0.25) is 14.6 Å². The third-order valence-corrected chi connectivity index (χ3v) is 3.73. The van der Waals surface area contributed by atoms with Crippen LogP contribution in [0.4, 0.5) is 4.79 Å². The molecule has 0 atom stereocenters. The number of nitrogens with zero attached hydrogens (tertiary/aromatic N) is 4. The lowest BCUT2D eigenvalue weighted by molar-refractivity contribution is 0.0800. The number of rotatable bonds is 4. The van der Waals surface area contributed by atoms with Crippen molar-refractivity contribution in [3.05, 3.63) is 30.5 Å². The molecule has 122 valence electrons. The van der Waals surface area contributed by atoms with Crippen molar-refractivity contribution in [1.29, 1.82) is 0 Å². The van der Waals surface area contributed by atoms with E-state index in [2.05, 4.69) is 25.7 Å².